The fraction of sp³-hybridized carbons (Fsp3) is 0.471. The van der Waals surface area contributed by atoms with Crippen molar-refractivity contribution in [2.75, 3.05) is 11.9 Å². The third-order valence-corrected chi connectivity index (χ3v) is 4.74. The molecule has 0 bridgehead atoms. The zero-order chi connectivity index (χ0) is 16.4. The van der Waals surface area contributed by atoms with E-state index in [1.54, 1.807) is 24.9 Å². The summed E-state index contributed by atoms with van der Waals surface area (Å²) in [5.74, 6) is 0.323. The number of anilines is 1. The summed E-state index contributed by atoms with van der Waals surface area (Å²) in [5, 5.41) is 2.78. The average molecular weight is 328 g/mol. The van der Waals surface area contributed by atoms with Gasteiger partial charge in [-0.1, -0.05) is 0 Å². The second-order valence-corrected chi connectivity index (χ2v) is 6.28. The van der Waals surface area contributed by atoms with Crippen LogP contribution in [0.2, 0.25) is 0 Å². The smallest absolute Gasteiger partial charge is 0.254 e. The third-order valence-electron chi connectivity index (χ3n) is 4.74. The molecule has 24 heavy (non-hydrogen) atoms. The Labute approximate surface area is 140 Å². The van der Waals surface area contributed by atoms with E-state index in [9.17, 15) is 4.79 Å². The number of carbonyl (C=O) groups is 1. The standard InChI is InChI=1S/C17H20N4O3/c22-17(20-16-9-18-5-6-19-16)15-2-1-13-14(24-15)3-7-21(13)10-12-4-8-23-11-12/h4-6,8-9,11,13-15H,1-3,7,10H2,(H,19,20,22)/t13-,14-,15-/m1/s1. The highest BCUT2D eigenvalue weighted by molar-refractivity contribution is 5.93. The van der Waals surface area contributed by atoms with Crippen LogP contribution in [-0.4, -0.2) is 45.6 Å². The summed E-state index contributed by atoms with van der Waals surface area (Å²) < 4.78 is 11.2. The van der Waals surface area contributed by atoms with Gasteiger partial charge in [0.2, 0.25) is 0 Å². The lowest BCUT2D eigenvalue weighted by atomic mass is 9.98. The van der Waals surface area contributed by atoms with Crippen LogP contribution in [0, 0.1) is 0 Å². The molecule has 0 radical (unpaired) electrons. The van der Waals surface area contributed by atoms with Crippen molar-refractivity contribution in [2.24, 2.45) is 0 Å². The van der Waals surface area contributed by atoms with E-state index < -0.39 is 6.10 Å². The highest BCUT2D eigenvalue weighted by Crippen LogP contribution is 2.32. The fourth-order valence-corrected chi connectivity index (χ4v) is 3.59. The molecule has 2 aromatic rings. The number of aromatic nitrogens is 2. The van der Waals surface area contributed by atoms with E-state index in [1.807, 2.05) is 6.07 Å². The number of rotatable bonds is 4. The lowest BCUT2D eigenvalue weighted by molar-refractivity contribution is -0.138. The maximum Gasteiger partial charge on any atom is 0.254 e. The molecule has 2 fully saturated rings. The van der Waals surface area contributed by atoms with E-state index >= 15 is 0 Å². The number of nitrogens with zero attached hydrogens (tertiary/aromatic N) is 3. The molecule has 2 aromatic heterocycles. The van der Waals surface area contributed by atoms with Gasteiger partial charge in [0.05, 0.1) is 24.8 Å². The molecule has 0 unspecified atom stereocenters. The first-order chi connectivity index (χ1) is 11.8. The summed E-state index contributed by atoms with van der Waals surface area (Å²) in [6.07, 6.45) is 10.5. The van der Waals surface area contributed by atoms with E-state index in [0.717, 1.165) is 32.4 Å². The Balaban J connectivity index is 1.34. The van der Waals surface area contributed by atoms with Gasteiger partial charge in [-0.2, -0.15) is 0 Å². The number of carbonyl (C=O) groups excluding carboxylic acids is 1. The third kappa shape index (κ3) is 3.18. The van der Waals surface area contributed by atoms with Crippen LogP contribution in [0.5, 0.6) is 0 Å². The van der Waals surface area contributed by atoms with Gasteiger partial charge in [-0.25, -0.2) is 4.98 Å². The quantitative estimate of drug-likeness (QED) is 0.922. The summed E-state index contributed by atoms with van der Waals surface area (Å²) in [6, 6.07) is 2.37. The minimum Gasteiger partial charge on any atom is -0.472 e. The SMILES string of the molecule is O=C(Nc1cnccn1)[C@H]1CC[C@@H]2[C@@H](CCN2Cc2ccoc2)O1. The Bertz CT molecular complexity index is 676. The summed E-state index contributed by atoms with van der Waals surface area (Å²) in [7, 11) is 0. The molecule has 4 rings (SSSR count). The van der Waals surface area contributed by atoms with Crippen molar-refractivity contribution < 1.29 is 13.9 Å². The lowest BCUT2D eigenvalue weighted by Crippen LogP contribution is -2.46. The van der Waals surface area contributed by atoms with Crippen LogP contribution >= 0.6 is 0 Å². The van der Waals surface area contributed by atoms with Crippen molar-refractivity contribution in [2.45, 2.75) is 44.1 Å². The van der Waals surface area contributed by atoms with Crippen LogP contribution in [0.3, 0.4) is 0 Å². The molecule has 126 valence electrons. The number of amides is 1. The number of fused-ring (bicyclic) bond motifs is 1. The fourth-order valence-electron chi connectivity index (χ4n) is 3.59. The summed E-state index contributed by atoms with van der Waals surface area (Å²) >= 11 is 0. The predicted molar refractivity (Wildman–Crippen MR) is 86.1 cm³/mol. The molecule has 1 amide bonds. The second-order valence-electron chi connectivity index (χ2n) is 6.28. The van der Waals surface area contributed by atoms with Gasteiger partial charge >= 0.3 is 0 Å². The van der Waals surface area contributed by atoms with Gasteiger partial charge in [-0.15, -0.1) is 0 Å². The first-order valence-electron chi connectivity index (χ1n) is 8.27. The molecule has 4 heterocycles. The molecule has 2 aliphatic heterocycles. The number of ether oxygens (including phenoxy) is 1. The van der Waals surface area contributed by atoms with Crippen LogP contribution in [0.15, 0.2) is 41.6 Å². The van der Waals surface area contributed by atoms with Gasteiger partial charge < -0.3 is 14.5 Å². The molecule has 2 saturated heterocycles. The van der Waals surface area contributed by atoms with Gasteiger partial charge in [-0.05, 0) is 25.3 Å². The number of furan rings is 1. The Hall–Kier alpha value is -2.25. The highest BCUT2D eigenvalue weighted by atomic mass is 16.5. The van der Waals surface area contributed by atoms with Gasteiger partial charge in [0.15, 0.2) is 5.82 Å². The van der Waals surface area contributed by atoms with Crippen molar-refractivity contribution in [3.63, 3.8) is 0 Å². The Morgan fingerprint density at radius 3 is 3.08 bits per heavy atom. The van der Waals surface area contributed by atoms with Crippen molar-refractivity contribution in [1.29, 1.82) is 0 Å². The molecule has 1 N–H and O–H groups in total. The van der Waals surface area contributed by atoms with Crippen LogP contribution in [0.4, 0.5) is 5.82 Å². The number of likely N-dealkylation sites (tertiary alicyclic amines) is 1. The summed E-state index contributed by atoms with van der Waals surface area (Å²) in [5.41, 5.74) is 1.18. The predicted octanol–water partition coefficient (Wildman–Crippen LogP) is 1.83. The normalized spacial score (nSPS) is 26.9. The van der Waals surface area contributed by atoms with Crippen molar-refractivity contribution in [3.8, 4) is 0 Å². The largest absolute Gasteiger partial charge is 0.472 e. The van der Waals surface area contributed by atoms with E-state index in [1.165, 1.54) is 11.8 Å². The van der Waals surface area contributed by atoms with E-state index in [-0.39, 0.29) is 12.0 Å². The number of nitrogens with one attached hydrogen (secondary N) is 1. The average Bonchev–Trinajstić information content (AvgIpc) is 3.26. The zero-order valence-electron chi connectivity index (χ0n) is 13.3. The molecule has 7 nitrogen and oxygen atoms in total. The lowest BCUT2D eigenvalue weighted by Gasteiger charge is -2.35. The van der Waals surface area contributed by atoms with Gasteiger partial charge in [0, 0.05) is 37.1 Å². The van der Waals surface area contributed by atoms with Crippen molar-refractivity contribution in [3.05, 3.63) is 42.7 Å². The Morgan fingerprint density at radius 2 is 2.29 bits per heavy atom. The van der Waals surface area contributed by atoms with Crippen LogP contribution in [-0.2, 0) is 16.1 Å². The molecule has 0 aliphatic carbocycles. The molecule has 0 spiro atoms. The van der Waals surface area contributed by atoms with Crippen LogP contribution < -0.4 is 5.32 Å². The molecule has 7 heteroatoms. The molecule has 2 aliphatic rings. The zero-order valence-corrected chi connectivity index (χ0v) is 13.3. The number of hydrogen-bond donors (Lipinski definition) is 1. The molecule has 0 saturated carbocycles. The second kappa shape index (κ2) is 6.70. The minimum atomic E-state index is -0.415. The van der Waals surface area contributed by atoms with E-state index in [2.05, 4.69) is 20.2 Å². The van der Waals surface area contributed by atoms with Crippen LogP contribution in [0.1, 0.15) is 24.8 Å². The summed E-state index contributed by atoms with van der Waals surface area (Å²) in [4.78, 5) is 22.8. The maximum atomic E-state index is 12.4. The molecule has 3 atom stereocenters. The Kier molecular flexibility index (Phi) is 4.27. The number of hydrogen-bond acceptors (Lipinski definition) is 6. The topological polar surface area (TPSA) is 80.5 Å². The first kappa shape index (κ1) is 15.3. The van der Waals surface area contributed by atoms with Crippen molar-refractivity contribution in [1.82, 2.24) is 14.9 Å². The minimum absolute atomic E-state index is 0.114. The molecule has 0 aromatic carbocycles. The first-order valence-corrected chi connectivity index (χ1v) is 8.27. The van der Waals surface area contributed by atoms with Gasteiger partial charge in [0.25, 0.3) is 5.91 Å². The van der Waals surface area contributed by atoms with Gasteiger partial charge in [0.1, 0.15) is 6.10 Å². The Morgan fingerprint density at radius 1 is 1.33 bits per heavy atom. The molecular weight excluding hydrogens is 308 g/mol. The monoisotopic (exact) mass is 328 g/mol. The van der Waals surface area contributed by atoms with Crippen LogP contribution in [0.25, 0.3) is 0 Å². The van der Waals surface area contributed by atoms with Gasteiger partial charge in [-0.3, -0.25) is 14.7 Å². The van der Waals surface area contributed by atoms with E-state index in [0.29, 0.717) is 11.9 Å². The molecular formula is C17H20N4O3. The summed E-state index contributed by atoms with van der Waals surface area (Å²) in [6.45, 7) is 1.86. The van der Waals surface area contributed by atoms with Crippen molar-refractivity contribution >= 4 is 11.7 Å². The highest BCUT2D eigenvalue weighted by Gasteiger charge is 2.41. The van der Waals surface area contributed by atoms with E-state index in [4.69, 9.17) is 9.15 Å². The maximum absolute atomic E-state index is 12.4.